The SMILES string of the molecule is O=S(=O)(Cl)C1CC2(C1)OCCO2. The molecule has 1 aliphatic heterocycles. The predicted octanol–water partition coefficient (Wildman–Crippen LogP) is 0.461. The first kappa shape index (κ1) is 8.74. The molecule has 12 heavy (non-hydrogen) atoms. The van der Waals surface area contributed by atoms with Crippen LogP contribution in [0.5, 0.6) is 0 Å². The fourth-order valence-electron chi connectivity index (χ4n) is 1.57. The van der Waals surface area contributed by atoms with Crippen molar-refractivity contribution >= 4 is 19.7 Å². The molecule has 1 saturated heterocycles. The maximum absolute atomic E-state index is 10.8. The van der Waals surface area contributed by atoms with E-state index in [0.29, 0.717) is 26.1 Å². The van der Waals surface area contributed by atoms with E-state index in [2.05, 4.69) is 0 Å². The molecular weight excluding hydrogens is 204 g/mol. The molecule has 0 bridgehead atoms. The van der Waals surface area contributed by atoms with Gasteiger partial charge < -0.3 is 9.47 Å². The number of rotatable bonds is 1. The summed E-state index contributed by atoms with van der Waals surface area (Å²) >= 11 is 0. The maximum atomic E-state index is 10.8. The lowest BCUT2D eigenvalue weighted by atomic mass is 9.91. The number of ether oxygens (including phenoxy) is 2. The summed E-state index contributed by atoms with van der Waals surface area (Å²) in [5.41, 5.74) is 0. The van der Waals surface area contributed by atoms with E-state index in [1.807, 2.05) is 0 Å². The molecule has 1 spiro atoms. The molecule has 0 aromatic carbocycles. The Labute approximate surface area is 75.2 Å². The molecule has 2 fully saturated rings. The molecular formula is C6H9ClO4S. The van der Waals surface area contributed by atoms with Gasteiger partial charge in [-0.15, -0.1) is 0 Å². The summed E-state index contributed by atoms with van der Waals surface area (Å²) in [6.45, 7) is 1.10. The third-order valence-corrected chi connectivity index (χ3v) is 4.17. The molecule has 0 aromatic heterocycles. The molecule has 0 radical (unpaired) electrons. The van der Waals surface area contributed by atoms with Crippen molar-refractivity contribution in [2.24, 2.45) is 0 Å². The van der Waals surface area contributed by atoms with E-state index in [4.69, 9.17) is 20.2 Å². The Morgan fingerprint density at radius 2 is 1.75 bits per heavy atom. The minimum absolute atomic E-state index is 0.374. The van der Waals surface area contributed by atoms with Crippen LogP contribution in [-0.4, -0.2) is 32.7 Å². The highest BCUT2D eigenvalue weighted by molar-refractivity contribution is 8.14. The van der Waals surface area contributed by atoms with E-state index >= 15 is 0 Å². The highest BCUT2D eigenvalue weighted by Gasteiger charge is 2.53. The van der Waals surface area contributed by atoms with Gasteiger partial charge in [-0.3, -0.25) is 0 Å². The smallest absolute Gasteiger partial charge is 0.235 e. The summed E-state index contributed by atoms with van der Waals surface area (Å²) in [5.74, 6) is -0.618. The lowest BCUT2D eigenvalue weighted by Crippen LogP contribution is -2.50. The van der Waals surface area contributed by atoms with Crippen LogP contribution >= 0.6 is 10.7 Å². The molecule has 1 saturated carbocycles. The Morgan fingerprint density at radius 1 is 1.25 bits per heavy atom. The van der Waals surface area contributed by atoms with Crippen molar-refractivity contribution in [3.05, 3.63) is 0 Å². The normalized spacial score (nSPS) is 29.1. The standard InChI is InChI=1S/C6H9ClO4S/c7-12(8,9)5-3-6(4-5)10-1-2-11-6/h5H,1-4H2. The van der Waals surface area contributed by atoms with Gasteiger partial charge in [0.25, 0.3) is 0 Å². The van der Waals surface area contributed by atoms with Gasteiger partial charge in [0, 0.05) is 23.5 Å². The molecule has 0 amide bonds. The topological polar surface area (TPSA) is 52.6 Å². The molecule has 0 atom stereocenters. The summed E-state index contributed by atoms with van der Waals surface area (Å²) < 4.78 is 32.1. The van der Waals surface area contributed by atoms with Gasteiger partial charge in [-0.2, -0.15) is 0 Å². The second kappa shape index (κ2) is 2.57. The van der Waals surface area contributed by atoms with Crippen molar-refractivity contribution in [3.63, 3.8) is 0 Å². The fourth-order valence-corrected chi connectivity index (χ4v) is 2.85. The van der Waals surface area contributed by atoms with Gasteiger partial charge in [-0.05, 0) is 0 Å². The van der Waals surface area contributed by atoms with Crippen LogP contribution in [0.3, 0.4) is 0 Å². The zero-order valence-electron chi connectivity index (χ0n) is 6.32. The Hall–Kier alpha value is 0.160. The van der Waals surface area contributed by atoms with Crippen molar-refractivity contribution in [1.29, 1.82) is 0 Å². The van der Waals surface area contributed by atoms with Crippen LogP contribution in [0.2, 0.25) is 0 Å². The summed E-state index contributed by atoms with van der Waals surface area (Å²) in [7, 11) is 1.74. The molecule has 0 unspecified atom stereocenters. The lowest BCUT2D eigenvalue weighted by molar-refractivity contribution is -0.203. The average Bonchev–Trinajstić information content (AvgIpc) is 2.27. The van der Waals surface area contributed by atoms with Gasteiger partial charge in [0.05, 0.1) is 18.5 Å². The van der Waals surface area contributed by atoms with E-state index in [9.17, 15) is 8.42 Å². The largest absolute Gasteiger partial charge is 0.347 e. The van der Waals surface area contributed by atoms with Gasteiger partial charge in [-0.25, -0.2) is 8.42 Å². The van der Waals surface area contributed by atoms with Gasteiger partial charge in [0.1, 0.15) is 0 Å². The third-order valence-electron chi connectivity index (χ3n) is 2.29. The predicted molar refractivity (Wildman–Crippen MR) is 42.4 cm³/mol. The quantitative estimate of drug-likeness (QED) is 0.593. The second-order valence-corrected chi connectivity index (χ2v) is 6.02. The van der Waals surface area contributed by atoms with Crippen molar-refractivity contribution < 1.29 is 17.9 Å². The first-order chi connectivity index (χ1) is 5.52. The minimum Gasteiger partial charge on any atom is -0.347 e. The molecule has 70 valence electrons. The van der Waals surface area contributed by atoms with Crippen LogP contribution in [0.1, 0.15) is 12.8 Å². The highest BCUT2D eigenvalue weighted by atomic mass is 35.7. The van der Waals surface area contributed by atoms with Crippen LogP contribution in [0.25, 0.3) is 0 Å². The zero-order chi connectivity index (χ0) is 8.82. The van der Waals surface area contributed by atoms with E-state index < -0.39 is 20.1 Å². The summed E-state index contributed by atoms with van der Waals surface area (Å²) in [5, 5.41) is -0.489. The summed E-state index contributed by atoms with van der Waals surface area (Å²) in [6.07, 6.45) is 0.748. The van der Waals surface area contributed by atoms with Crippen LogP contribution in [0.4, 0.5) is 0 Å². The van der Waals surface area contributed by atoms with E-state index in [1.165, 1.54) is 0 Å². The first-order valence-electron chi connectivity index (χ1n) is 3.73. The van der Waals surface area contributed by atoms with Crippen molar-refractivity contribution in [2.45, 2.75) is 23.9 Å². The molecule has 1 aliphatic carbocycles. The number of hydrogen-bond donors (Lipinski definition) is 0. The van der Waals surface area contributed by atoms with Gasteiger partial charge in [-0.1, -0.05) is 0 Å². The molecule has 2 aliphatic rings. The fraction of sp³-hybridized carbons (Fsp3) is 1.00. The average molecular weight is 213 g/mol. The molecule has 2 rings (SSSR count). The number of hydrogen-bond acceptors (Lipinski definition) is 4. The van der Waals surface area contributed by atoms with Gasteiger partial charge in [0.15, 0.2) is 5.79 Å². The molecule has 4 nitrogen and oxygen atoms in total. The van der Waals surface area contributed by atoms with E-state index in [1.54, 1.807) is 0 Å². The first-order valence-corrected chi connectivity index (χ1v) is 6.11. The minimum atomic E-state index is -3.42. The lowest BCUT2D eigenvalue weighted by Gasteiger charge is -2.40. The Balaban J connectivity index is 1.99. The Kier molecular flexibility index (Phi) is 1.87. The van der Waals surface area contributed by atoms with Gasteiger partial charge in [0.2, 0.25) is 9.05 Å². The maximum Gasteiger partial charge on any atom is 0.235 e. The van der Waals surface area contributed by atoms with Crippen LogP contribution in [-0.2, 0) is 18.5 Å². The second-order valence-electron chi connectivity index (χ2n) is 3.11. The number of halogens is 1. The highest BCUT2D eigenvalue weighted by Crippen LogP contribution is 2.44. The van der Waals surface area contributed by atoms with Crippen molar-refractivity contribution in [1.82, 2.24) is 0 Å². The molecule has 0 N–H and O–H groups in total. The Morgan fingerprint density at radius 3 is 2.17 bits per heavy atom. The van der Waals surface area contributed by atoms with Crippen LogP contribution in [0, 0.1) is 0 Å². The van der Waals surface area contributed by atoms with E-state index in [0.717, 1.165) is 0 Å². The monoisotopic (exact) mass is 212 g/mol. The molecule has 1 heterocycles. The zero-order valence-corrected chi connectivity index (χ0v) is 7.90. The third kappa shape index (κ3) is 1.35. The summed E-state index contributed by atoms with van der Waals surface area (Å²) in [4.78, 5) is 0. The Bertz CT molecular complexity index is 272. The van der Waals surface area contributed by atoms with Gasteiger partial charge >= 0.3 is 0 Å². The van der Waals surface area contributed by atoms with Crippen LogP contribution < -0.4 is 0 Å². The van der Waals surface area contributed by atoms with E-state index in [-0.39, 0.29) is 0 Å². The van der Waals surface area contributed by atoms with Crippen molar-refractivity contribution in [3.8, 4) is 0 Å². The molecule has 6 heteroatoms. The van der Waals surface area contributed by atoms with Crippen molar-refractivity contribution in [2.75, 3.05) is 13.2 Å². The summed E-state index contributed by atoms with van der Waals surface area (Å²) in [6, 6.07) is 0. The molecule has 0 aromatic rings. The van der Waals surface area contributed by atoms with Crippen LogP contribution in [0.15, 0.2) is 0 Å².